The highest BCUT2D eigenvalue weighted by Gasteiger charge is 2.20. The second-order valence-corrected chi connectivity index (χ2v) is 7.37. The summed E-state index contributed by atoms with van der Waals surface area (Å²) in [6, 6.07) is 9.04. The highest BCUT2D eigenvalue weighted by atomic mass is 16.6. The maximum absolute atomic E-state index is 12.5. The fourth-order valence-corrected chi connectivity index (χ4v) is 2.49. The van der Waals surface area contributed by atoms with E-state index in [1.165, 1.54) is 6.92 Å². The third kappa shape index (κ3) is 8.65. The Bertz CT molecular complexity index is 608. The van der Waals surface area contributed by atoms with Crippen molar-refractivity contribution in [2.75, 3.05) is 13.6 Å². The minimum atomic E-state index is -0.500. The van der Waals surface area contributed by atoms with Crippen LogP contribution in [0.2, 0.25) is 0 Å². The number of carbonyl (C=O) groups is 3. The molecule has 0 aliphatic rings. The molecule has 1 atom stereocenters. The van der Waals surface area contributed by atoms with Crippen LogP contribution in [0.1, 0.15) is 58.6 Å². The minimum absolute atomic E-state index is 0.0863. The highest BCUT2D eigenvalue weighted by Crippen LogP contribution is 2.18. The molecule has 2 amide bonds. The van der Waals surface area contributed by atoms with E-state index in [2.05, 4.69) is 5.32 Å². The number of esters is 1. The molecule has 6 nitrogen and oxygen atoms in total. The number of ether oxygens (including phenoxy) is 1. The Morgan fingerprint density at radius 1 is 1.15 bits per heavy atom. The molecular formula is C20H30N2O4. The van der Waals surface area contributed by atoms with Crippen molar-refractivity contribution in [3.8, 4) is 0 Å². The fourth-order valence-electron chi connectivity index (χ4n) is 2.49. The third-order valence-corrected chi connectivity index (χ3v) is 3.68. The van der Waals surface area contributed by atoms with Crippen LogP contribution >= 0.6 is 0 Å². The van der Waals surface area contributed by atoms with Crippen molar-refractivity contribution in [1.29, 1.82) is 0 Å². The number of hydrogen-bond donors (Lipinski definition) is 1. The Labute approximate surface area is 155 Å². The van der Waals surface area contributed by atoms with E-state index in [1.54, 1.807) is 11.9 Å². The molecule has 6 heteroatoms. The van der Waals surface area contributed by atoms with E-state index < -0.39 is 5.60 Å². The number of amides is 2. The first-order chi connectivity index (χ1) is 12.1. The lowest BCUT2D eigenvalue weighted by Gasteiger charge is -2.23. The van der Waals surface area contributed by atoms with Gasteiger partial charge in [-0.05, 0) is 32.8 Å². The molecule has 1 aromatic carbocycles. The molecule has 0 heterocycles. The van der Waals surface area contributed by atoms with E-state index in [0.29, 0.717) is 13.0 Å². The van der Waals surface area contributed by atoms with Gasteiger partial charge in [0.05, 0.1) is 12.5 Å². The Kier molecular flexibility index (Phi) is 8.29. The van der Waals surface area contributed by atoms with Gasteiger partial charge in [-0.15, -0.1) is 0 Å². The summed E-state index contributed by atoms with van der Waals surface area (Å²) >= 11 is 0. The molecule has 144 valence electrons. The summed E-state index contributed by atoms with van der Waals surface area (Å²) in [6.45, 7) is 7.37. The topological polar surface area (TPSA) is 75.7 Å². The zero-order chi connectivity index (χ0) is 19.7. The van der Waals surface area contributed by atoms with E-state index in [-0.39, 0.29) is 36.7 Å². The molecule has 0 aromatic heterocycles. The lowest BCUT2D eigenvalue weighted by molar-refractivity contribution is -0.155. The molecule has 0 saturated heterocycles. The zero-order valence-corrected chi connectivity index (χ0v) is 16.4. The molecule has 0 saturated carbocycles. The molecule has 26 heavy (non-hydrogen) atoms. The SMILES string of the molecule is CC(=O)NC(CC(=O)N(C)CCCC(=O)OC(C)(C)C)c1ccccc1. The van der Waals surface area contributed by atoms with Gasteiger partial charge in [-0.1, -0.05) is 30.3 Å². The van der Waals surface area contributed by atoms with Crippen molar-refractivity contribution >= 4 is 17.8 Å². The summed E-state index contributed by atoms with van der Waals surface area (Å²) in [5.74, 6) is -0.533. The van der Waals surface area contributed by atoms with Crippen LogP contribution in [-0.4, -0.2) is 41.9 Å². The van der Waals surface area contributed by atoms with Crippen molar-refractivity contribution in [2.24, 2.45) is 0 Å². The van der Waals surface area contributed by atoms with Crippen LogP contribution in [-0.2, 0) is 19.1 Å². The van der Waals surface area contributed by atoms with Gasteiger partial charge in [0.1, 0.15) is 5.60 Å². The molecular weight excluding hydrogens is 332 g/mol. The first kappa shape index (κ1) is 21.7. The van der Waals surface area contributed by atoms with Gasteiger partial charge in [-0.2, -0.15) is 0 Å². The van der Waals surface area contributed by atoms with E-state index in [9.17, 15) is 14.4 Å². The Balaban J connectivity index is 2.53. The van der Waals surface area contributed by atoms with Crippen LogP contribution in [0.3, 0.4) is 0 Å². The largest absolute Gasteiger partial charge is 0.460 e. The molecule has 1 rings (SSSR count). The average molecular weight is 362 g/mol. The molecule has 0 aliphatic heterocycles. The molecule has 0 aliphatic carbocycles. The predicted molar refractivity (Wildman–Crippen MR) is 100 cm³/mol. The lowest BCUT2D eigenvalue weighted by Crippen LogP contribution is -2.34. The van der Waals surface area contributed by atoms with Gasteiger partial charge < -0.3 is 15.0 Å². The molecule has 0 spiro atoms. The van der Waals surface area contributed by atoms with Crippen LogP contribution in [0.25, 0.3) is 0 Å². The number of nitrogens with one attached hydrogen (secondary N) is 1. The zero-order valence-electron chi connectivity index (χ0n) is 16.4. The number of nitrogens with zero attached hydrogens (tertiary/aromatic N) is 1. The number of carbonyl (C=O) groups excluding carboxylic acids is 3. The van der Waals surface area contributed by atoms with Crippen LogP contribution in [0.15, 0.2) is 30.3 Å². The third-order valence-electron chi connectivity index (χ3n) is 3.68. The van der Waals surface area contributed by atoms with Crippen LogP contribution in [0, 0.1) is 0 Å². The second kappa shape index (κ2) is 9.94. The Morgan fingerprint density at radius 2 is 1.77 bits per heavy atom. The summed E-state index contributed by atoms with van der Waals surface area (Å²) in [6.07, 6.45) is 0.975. The van der Waals surface area contributed by atoms with Gasteiger partial charge in [0, 0.05) is 26.9 Å². The lowest BCUT2D eigenvalue weighted by atomic mass is 10.0. The van der Waals surface area contributed by atoms with Crippen molar-refractivity contribution in [3.63, 3.8) is 0 Å². The van der Waals surface area contributed by atoms with Crippen LogP contribution < -0.4 is 5.32 Å². The Morgan fingerprint density at radius 3 is 2.31 bits per heavy atom. The molecule has 1 N–H and O–H groups in total. The van der Waals surface area contributed by atoms with Crippen molar-refractivity contribution < 1.29 is 19.1 Å². The van der Waals surface area contributed by atoms with E-state index in [0.717, 1.165) is 5.56 Å². The minimum Gasteiger partial charge on any atom is -0.460 e. The van der Waals surface area contributed by atoms with E-state index in [1.807, 2.05) is 51.1 Å². The van der Waals surface area contributed by atoms with Crippen molar-refractivity contribution in [1.82, 2.24) is 10.2 Å². The summed E-state index contributed by atoms with van der Waals surface area (Å²) in [7, 11) is 1.70. The van der Waals surface area contributed by atoms with E-state index >= 15 is 0 Å². The normalized spacial score (nSPS) is 12.2. The Hall–Kier alpha value is -2.37. The van der Waals surface area contributed by atoms with Gasteiger partial charge in [0.15, 0.2) is 0 Å². The number of hydrogen-bond acceptors (Lipinski definition) is 4. The van der Waals surface area contributed by atoms with Crippen LogP contribution in [0.5, 0.6) is 0 Å². The average Bonchev–Trinajstić information content (AvgIpc) is 2.52. The molecule has 1 aromatic rings. The van der Waals surface area contributed by atoms with Gasteiger partial charge in [-0.25, -0.2) is 0 Å². The second-order valence-electron chi connectivity index (χ2n) is 7.37. The summed E-state index contributed by atoms with van der Waals surface area (Å²) < 4.78 is 5.26. The first-order valence-corrected chi connectivity index (χ1v) is 8.86. The van der Waals surface area contributed by atoms with Gasteiger partial charge in [0.2, 0.25) is 11.8 Å². The number of benzene rings is 1. The van der Waals surface area contributed by atoms with Crippen molar-refractivity contribution in [3.05, 3.63) is 35.9 Å². The van der Waals surface area contributed by atoms with Gasteiger partial charge >= 0.3 is 5.97 Å². The summed E-state index contributed by atoms with van der Waals surface area (Å²) in [5.41, 5.74) is 0.387. The highest BCUT2D eigenvalue weighted by molar-refractivity contribution is 5.79. The molecule has 0 fully saturated rings. The maximum Gasteiger partial charge on any atom is 0.306 e. The maximum atomic E-state index is 12.5. The quantitative estimate of drug-likeness (QED) is 0.722. The van der Waals surface area contributed by atoms with Crippen LogP contribution in [0.4, 0.5) is 0 Å². The van der Waals surface area contributed by atoms with E-state index in [4.69, 9.17) is 4.74 Å². The summed E-state index contributed by atoms with van der Waals surface area (Å²) in [5, 5.41) is 2.82. The molecule has 1 unspecified atom stereocenters. The predicted octanol–water partition coefficient (Wildman–Crippen LogP) is 2.83. The molecule has 0 radical (unpaired) electrons. The fraction of sp³-hybridized carbons (Fsp3) is 0.550. The van der Waals surface area contributed by atoms with Gasteiger partial charge in [-0.3, -0.25) is 14.4 Å². The van der Waals surface area contributed by atoms with Crippen molar-refractivity contribution in [2.45, 2.75) is 58.6 Å². The molecule has 0 bridgehead atoms. The monoisotopic (exact) mass is 362 g/mol. The van der Waals surface area contributed by atoms with Gasteiger partial charge in [0.25, 0.3) is 0 Å². The first-order valence-electron chi connectivity index (χ1n) is 8.86. The standard InChI is InChI=1S/C20H30N2O4/c1-15(23)21-17(16-10-7-6-8-11-16)14-18(24)22(5)13-9-12-19(25)26-20(2,3)4/h6-8,10-11,17H,9,12-14H2,1-5H3,(H,21,23). The number of rotatable bonds is 8. The summed E-state index contributed by atoms with van der Waals surface area (Å²) in [4.78, 5) is 37.2. The smallest absolute Gasteiger partial charge is 0.306 e.